The molecule has 5 nitrogen and oxygen atoms in total. The molecule has 7 atom stereocenters. The van der Waals surface area contributed by atoms with Gasteiger partial charge >= 0.3 is 5.97 Å². The standard InChI is InChI=1S/C22H30O5/c1-10-13-8-12-9-14(24)20-21(3,4)7-6-15(27-11(2)23)22(20,5)17(12)16(18(10)25)19(13)26/h13-16,19-20,24,26H,1,6-9H2,2-5H3/t13-,14+,15+,16+,19+,20-,22+/m1/s1. The molecular formula is C22H30O5. The Bertz CT molecular complexity index is 763. The van der Waals surface area contributed by atoms with Gasteiger partial charge in [0, 0.05) is 24.2 Å². The minimum absolute atomic E-state index is 0.0844. The topological polar surface area (TPSA) is 83.8 Å². The summed E-state index contributed by atoms with van der Waals surface area (Å²) >= 11 is 0. The van der Waals surface area contributed by atoms with E-state index < -0.39 is 29.6 Å². The summed E-state index contributed by atoms with van der Waals surface area (Å²) in [5.74, 6) is -1.44. The Morgan fingerprint density at radius 1 is 1.22 bits per heavy atom. The lowest BCUT2D eigenvalue weighted by molar-refractivity contribution is -0.178. The van der Waals surface area contributed by atoms with Gasteiger partial charge in [-0.3, -0.25) is 9.59 Å². The molecule has 0 aromatic heterocycles. The third-order valence-electron chi connectivity index (χ3n) is 7.90. The summed E-state index contributed by atoms with van der Waals surface area (Å²) in [5, 5.41) is 22.0. The lowest BCUT2D eigenvalue weighted by Gasteiger charge is -2.61. The molecule has 4 rings (SSSR count). The molecule has 0 spiro atoms. The van der Waals surface area contributed by atoms with Crippen molar-refractivity contribution in [1.29, 1.82) is 0 Å². The number of fused-ring (bicyclic) bond motifs is 5. The number of carbonyl (C=O) groups excluding carboxylic acids is 2. The summed E-state index contributed by atoms with van der Waals surface area (Å²) in [5.41, 5.74) is 1.64. The fourth-order valence-corrected chi connectivity index (χ4v) is 7.01. The van der Waals surface area contributed by atoms with Crippen molar-refractivity contribution in [2.24, 2.45) is 28.6 Å². The minimum atomic E-state index is -0.764. The number of aliphatic hydroxyl groups is 2. The van der Waals surface area contributed by atoms with Gasteiger partial charge in [0.25, 0.3) is 0 Å². The number of Topliss-reactive ketones (excluding diaryl/α,β-unsaturated/α-hetero) is 1. The van der Waals surface area contributed by atoms with E-state index in [1.807, 2.05) is 6.92 Å². The first-order valence-corrected chi connectivity index (χ1v) is 9.99. The number of hydrogen-bond donors (Lipinski definition) is 2. The third kappa shape index (κ3) is 2.37. The monoisotopic (exact) mass is 374 g/mol. The van der Waals surface area contributed by atoms with Crippen molar-refractivity contribution >= 4 is 11.8 Å². The largest absolute Gasteiger partial charge is 0.462 e. The molecule has 0 aliphatic heterocycles. The smallest absolute Gasteiger partial charge is 0.302 e. The molecule has 0 aromatic carbocycles. The van der Waals surface area contributed by atoms with Crippen LogP contribution in [0.15, 0.2) is 23.3 Å². The second kappa shape index (κ2) is 5.77. The molecule has 2 bridgehead atoms. The van der Waals surface area contributed by atoms with E-state index in [1.165, 1.54) is 6.92 Å². The minimum Gasteiger partial charge on any atom is -0.462 e. The van der Waals surface area contributed by atoms with Crippen LogP contribution >= 0.6 is 0 Å². The van der Waals surface area contributed by atoms with Gasteiger partial charge in [-0.15, -0.1) is 0 Å². The van der Waals surface area contributed by atoms with Crippen molar-refractivity contribution in [3.63, 3.8) is 0 Å². The van der Waals surface area contributed by atoms with Gasteiger partial charge in [-0.05, 0) is 42.2 Å². The van der Waals surface area contributed by atoms with Crippen molar-refractivity contribution in [3.8, 4) is 0 Å². The van der Waals surface area contributed by atoms with Crippen LogP contribution in [0.5, 0.6) is 0 Å². The Morgan fingerprint density at radius 2 is 1.89 bits per heavy atom. The Morgan fingerprint density at radius 3 is 2.52 bits per heavy atom. The van der Waals surface area contributed by atoms with E-state index in [-0.39, 0.29) is 29.0 Å². The van der Waals surface area contributed by atoms with Crippen molar-refractivity contribution in [2.75, 3.05) is 0 Å². The first-order chi connectivity index (χ1) is 12.5. The average Bonchev–Trinajstić information content (AvgIpc) is 2.68. The lowest BCUT2D eigenvalue weighted by Crippen LogP contribution is -2.61. The molecule has 0 unspecified atom stereocenters. The normalized spacial score (nSPS) is 45.4. The van der Waals surface area contributed by atoms with Gasteiger partial charge in [0.15, 0.2) is 5.78 Å². The van der Waals surface area contributed by atoms with Gasteiger partial charge in [0.2, 0.25) is 0 Å². The van der Waals surface area contributed by atoms with Gasteiger partial charge in [-0.2, -0.15) is 0 Å². The molecule has 0 heterocycles. The van der Waals surface area contributed by atoms with Crippen LogP contribution in [0, 0.1) is 28.6 Å². The summed E-state index contributed by atoms with van der Waals surface area (Å²) in [6.07, 6.45) is 0.875. The molecular weight excluding hydrogens is 344 g/mol. The molecule has 4 aliphatic carbocycles. The molecule has 2 fully saturated rings. The van der Waals surface area contributed by atoms with Gasteiger partial charge in [0.05, 0.1) is 18.1 Å². The quantitative estimate of drug-likeness (QED) is 0.419. The van der Waals surface area contributed by atoms with Crippen molar-refractivity contribution in [1.82, 2.24) is 0 Å². The van der Waals surface area contributed by atoms with E-state index in [0.29, 0.717) is 24.8 Å². The highest BCUT2D eigenvalue weighted by Gasteiger charge is 2.65. The Labute approximate surface area is 160 Å². The lowest BCUT2D eigenvalue weighted by atomic mass is 9.45. The number of carbonyl (C=O) groups is 2. The summed E-state index contributed by atoms with van der Waals surface area (Å²) in [7, 11) is 0. The van der Waals surface area contributed by atoms with Crippen LogP contribution in [0.1, 0.15) is 53.4 Å². The van der Waals surface area contributed by atoms with Crippen LogP contribution in [-0.4, -0.2) is 40.3 Å². The molecule has 0 aromatic rings. The molecule has 0 amide bonds. The SMILES string of the molecule is C=C1C(=O)[C@@H]2C3=C(C[C@H]1[C@@H]2O)C[C@H](O)[C@@H]1C(C)(C)CC[C@H](OC(C)=O)[C@@]31C. The third-order valence-corrected chi connectivity index (χ3v) is 7.90. The van der Waals surface area contributed by atoms with Gasteiger partial charge in [0.1, 0.15) is 6.10 Å². The highest BCUT2D eigenvalue weighted by molar-refractivity contribution is 6.03. The summed E-state index contributed by atoms with van der Waals surface area (Å²) in [6.45, 7) is 11.7. The van der Waals surface area contributed by atoms with Gasteiger partial charge in [-0.25, -0.2) is 0 Å². The molecule has 4 aliphatic rings. The highest BCUT2D eigenvalue weighted by Crippen LogP contribution is 2.65. The number of rotatable bonds is 1. The van der Waals surface area contributed by atoms with Crippen LogP contribution in [0.2, 0.25) is 0 Å². The van der Waals surface area contributed by atoms with Gasteiger partial charge in [-0.1, -0.05) is 32.9 Å². The number of hydrogen-bond acceptors (Lipinski definition) is 5. The maximum absolute atomic E-state index is 13.0. The summed E-state index contributed by atoms with van der Waals surface area (Å²) in [6, 6.07) is 0. The van der Waals surface area contributed by atoms with Crippen molar-refractivity contribution in [2.45, 2.75) is 71.7 Å². The van der Waals surface area contributed by atoms with E-state index in [4.69, 9.17) is 4.74 Å². The molecule has 0 saturated heterocycles. The second-order valence-corrected chi connectivity index (χ2v) is 9.84. The predicted octanol–water partition coefficient (Wildman–Crippen LogP) is 2.56. The predicted molar refractivity (Wildman–Crippen MR) is 99.6 cm³/mol. The van der Waals surface area contributed by atoms with E-state index in [2.05, 4.69) is 20.4 Å². The van der Waals surface area contributed by atoms with Crippen LogP contribution in [0.3, 0.4) is 0 Å². The zero-order valence-corrected chi connectivity index (χ0v) is 16.6. The molecule has 2 saturated carbocycles. The van der Waals surface area contributed by atoms with Crippen LogP contribution in [-0.2, 0) is 14.3 Å². The van der Waals surface area contributed by atoms with Crippen molar-refractivity contribution < 1.29 is 24.5 Å². The molecule has 27 heavy (non-hydrogen) atoms. The van der Waals surface area contributed by atoms with E-state index in [9.17, 15) is 19.8 Å². The first kappa shape index (κ1) is 18.9. The number of aliphatic hydroxyl groups excluding tert-OH is 2. The van der Waals surface area contributed by atoms with Crippen molar-refractivity contribution in [3.05, 3.63) is 23.3 Å². The fraction of sp³-hybridized carbons (Fsp3) is 0.727. The molecule has 148 valence electrons. The van der Waals surface area contributed by atoms with E-state index in [1.54, 1.807) is 0 Å². The molecule has 5 heteroatoms. The number of esters is 1. The van der Waals surface area contributed by atoms with Crippen LogP contribution in [0.25, 0.3) is 0 Å². The van der Waals surface area contributed by atoms with Crippen LogP contribution in [0.4, 0.5) is 0 Å². The maximum Gasteiger partial charge on any atom is 0.302 e. The van der Waals surface area contributed by atoms with E-state index in [0.717, 1.165) is 17.6 Å². The average molecular weight is 374 g/mol. The first-order valence-electron chi connectivity index (χ1n) is 9.99. The molecule has 0 radical (unpaired) electrons. The Balaban J connectivity index is 1.92. The van der Waals surface area contributed by atoms with E-state index >= 15 is 0 Å². The summed E-state index contributed by atoms with van der Waals surface area (Å²) < 4.78 is 5.76. The van der Waals surface area contributed by atoms with Crippen LogP contribution < -0.4 is 0 Å². The number of ketones is 1. The zero-order valence-electron chi connectivity index (χ0n) is 16.6. The second-order valence-electron chi connectivity index (χ2n) is 9.84. The Hall–Kier alpha value is -1.46. The Kier molecular flexibility index (Phi) is 4.04. The maximum atomic E-state index is 13.0. The fourth-order valence-electron chi connectivity index (χ4n) is 7.01. The summed E-state index contributed by atoms with van der Waals surface area (Å²) in [4.78, 5) is 24.8. The molecule has 2 N–H and O–H groups in total. The highest BCUT2D eigenvalue weighted by atomic mass is 16.5. The van der Waals surface area contributed by atoms with Gasteiger partial charge < -0.3 is 14.9 Å². The number of ether oxygens (including phenoxy) is 1. The zero-order chi connectivity index (χ0) is 19.9.